The highest BCUT2D eigenvalue weighted by Gasteiger charge is 2.24. The van der Waals surface area contributed by atoms with Crippen molar-refractivity contribution < 1.29 is 9.53 Å². The van der Waals surface area contributed by atoms with E-state index in [1.165, 1.54) is 19.3 Å². The summed E-state index contributed by atoms with van der Waals surface area (Å²) in [6.07, 6.45) is 7.45. The number of thioether (sulfide) groups is 1. The van der Waals surface area contributed by atoms with Gasteiger partial charge in [0.2, 0.25) is 0 Å². The smallest absolute Gasteiger partial charge is 0.341 e. The van der Waals surface area contributed by atoms with E-state index in [4.69, 9.17) is 4.74 Å². The average molecular weight is 297 g/mol. The minimum absolute atomic E-state index is 0.286. The fourth-order valence-electron chi connectivity index (χ4n) is 2.63. The van der Waals surface area contributed by atoms with Gasteiger partial charge in [0.1, 0.15) is 5.56 Å². The third-order valence-corrected chi connectivity index (χ3v) is 4.93. The molecular weight excluding hydrogens is 274 g/mol. The van der Waals surface area contributed by atoms with Crippen molar-refractivity contribution in [3.8, 4) is 0 Å². The third kappa shape index (κ3) is 3.55. The lowest BCUT2D eigenvalue weighted by Gasteiger charge is -2.13. The number of hydrogen-bond donors (Lipinski definition) is 1. The van der Waals surface area contributed by atoms with E-state index in [-0.39, 0.29) is 5.97 Å². The van der Waals surface area contributed by atoms with Crippen LogP contribution in [0.2, 0.25) is 0 Å². The van der Waals surface area contributed by atoms with Crippen LogP contribution >= 0.6 is 11.8 Å². The molecular formula is C14H23N3O2S. The summed E-state index contributed by atoms with van der Waals surface area (Å²) in [6.45, 7) is 2.86. The van der Waals surface area contributed by atoms with Gasteiger partial charge in [-0.05, 0) is 32.4 Å². The van der Waals surface area contributed by atoms with Crippen LogP contribution in [0.5, 0.6) is 0 Å². The minimum Gasteiger partial charge on any atom is -0.462 e. The summed E-state index contributed by atoms with van der Waals surface area (Å²) in [4.78, 5) is 11.9. The highest BCUT2D eigenvalue weighted by molar-refractivity contribution is 7.99. The number of rotatable bonds is 6. The van der Waals surface area contributed by atoms with Gasteiger partial charge in [-0.3, -0.25) is 4.68 Å². The van der Waals surface area contributed by atoms with Gasteiger partial charge in [-0.2, -0.15) is 16.9 Å². The number of carbonyl (C=O) groups is 1. The molecule has 1 fully saturated rings. The van der Waals surface area contributed by atoms with E-state index in [1.807, 2.05) is 25.7 Å². The van der Waals surface area contributed by atoms with Gasteiger partial charge in [-0.1, -0.05) is 0 Å². The molecule has 112 valence electrons. The maximum atomic E-state index is 11.9. The molecule has 1 aliphatic carbocycles. The van der Waals surface area contributed by atoms with Gasteiger partial charge in [0.25, 0.3) is 0 Å². The van der Waals surface area contributed by atoms with Gasteiger partial charge in [-0.15, -0.1) is 0 Å². The van der Waals surface area contributed by atoms with Crippen LogP contribution in [-0.2, 0) is 18.3 Å². The second-order valence-electron chi connectivity index (χ2n) is 5.10. The van der Waals surface area contributed by atoms with Gasteiger partial charge in [0.05, 0.1) is 18.5 Å². The maximum absolute atomic E-state index is 11.9. The van der Waals surface area contributed by atoms with Gasteiger partial charge >= 0.3 is 5.97 Å². The zero-order chi connectivity index (χ0) is 14.5. The van der Waals surface area contributed by atoms with Crippen LogP contribution < -0.4 is 5.32 Å². The van der Waals surface area contributed by atoms with Crippen LogP contribution in [0, 0.1) is 0 Å². The fourth-order valence-corrected chi connectivity index (χ4v) is 3.43. The van der Waals surface area contributed by atoms with Crippen LogP contribution in [0.1, 0.15) is 42.2 Å². The van der Waals surface area contributed by atoms with E-state index in [0.717, 1.165) is 10.9 Å². The quantitative estimate of drug-likeness (QED) is 0.814. The Morgan fingerprint density at radius 1 is 1.60 bits per heavy atom. The molecule has 0 bridgehead atoms. The normalized spacial score (nSPS) is 22.1. The molecule has 0 radical (unpaired) electrons. The standard InChI is InChI=1S/C14H23N3O2S/c1-4-19-14(18)12-8-16-17(2)13(12)9-15-10-5-6-11(7-10)20-3/h8,10-11,15H,4-7,9H2,1-3H3. The van der Waals surface area contributed by atoms with Crippen LogP contribution in [0.15, 0.2) is 6.20 Å². The van der Waals surface area contributed by atoms with Crippen LogP contribution in [0.3, 0.4) is 0 Å². The van der Waals surface area contributed by atoms with Gasteiger partial charge in [-0.25, -0.2) is 4.79 Å². The summed E-state index contributed by atoms with van der Waals surface area (Å²) < 4.78 is 6.82. The summed E-state index contributed by atoms with van der Waals surface area (Å²) in [6, 6.07) is 0.539. The Labute approximate surface area is 124 Å². The molecule has 1 heterocycles. The second kappa shape index (κ2) is 7.13. The van der Waals surface area contributed by atoms with E-state index >= 15 is 0 Å². The number of carbonyl (C=O) groups excluding carboxylic acids is 1. The predicted molar refractivity (Wildman–Crippen MR) is 80.9 cm³/mol. The Bertz CT molecular complexity index is 461. The molecule has 1 aromatic heterocycles. The van der Waals surface area contributed by atoms with Crippen molar-refractivity contribution in [3.05, 3.63) is 17.5 Å². The first-order valence-corrected chi connectivity index (χ1v) is 8.38. The topological polar surface area (TPSA) is 56.1 Å². The summed E-state index contributed by atoms with van der Waals surface area (Å²) in [5.41, 5.74) is 1.47. The largest absolute Gasteiger partial charge is 0.462 e. The fraction of sp³-hybridized carbons (Fsp3) is 0.714. The summed E-state index contributed by atoms with van der Waals surface area (Å²) in [5.74, 6) is -0.286. The average Bonchev–Trinajstić information content (AvgIpc) is 3.03. The van der Waals surface area contributed by atoms with E-state index in [0.29, 0.717) is 24.8 Å². The van der Waals surface area contributed by atoms with E-state index < -0.39 is 0 Å². The first-order chi connectivity index (χ1) is 9.65. The molecule has 1 aliphatic rings. The van der Waals surface area contributed by atoms with Crippen molar-refractivity contribution in [2.45, 2.75) is 44.0 Å². The number of ether oxygens (including phenoxy) is 1. The van der Waals surface area contributed by atoms with Crippen molar-refractivity contribution in [2.24, 2.45) is 7.05 Å². The van der Waals surface area contributed by atoms with Gasteiger partial charge in [0, 0.05) is 24.9 Å². The molecule has 2 rings (SSSR count). The van der Waals surface area contributed by atoms with Crippen molar-refractivity contribution in [3.63, 3.8) is 0 Å². The third-order valence-electron chi connectivity index (χ3n) is 3.83. The maximum Gasteiger partial charge on any atom is 0.341 e. The Morgan fingerprint density at radius 2 is 2.40 bits per heavy atom. The number of aryl methyl sites for hydroxylation is 1. The molecule has 0 aliphatic heterocycles. The van der Waals surface area contributed by atoms with E-state index in [2.05, 4.69) is 16.7 Å². The molecule has 6 heteroatoms. The second-order valence-corrected chi connectivity index (χ2v) is 6.24. The summed E-state index contributed by atoms with van der Waals surface area (Å²) >= 11 is 1.95. The Morgan fingerprint density at radius 3 is 3.05 bits per heavy atom. The zero-order valence-corrected chi connectivity index (χ0v) is 13.2. The molecule has 0 amide bonds. The SMILES string of the molecule is CCOC(=O)c1cnn(C)c1CNC1CCC(SC)C1. The Balaban J connectivity index is 1.95. The van der Waals surface area contributed by atoms with Crippen LogP contribution in [-0.4, -0.2) is 39.9 Å². The molecule has 1 aromatic rings. The molecule has 1 saturated carbocycles. The minimum atomic E-state index is -0.286. The molecule has 5 nitrogen and oxygen atoms in total. The zero-order valence-electron chi connectivity index (χ0n) is 12.4. The monoisotopic (exact) mass is 297 g/mol. The van der Waals surface area contributed by atoms with Gasteiger partial charge < -0.3 is 10.1 Å². The number of hydrogen-bond acceptors (Lipinski definition) is 5. The van der Waals surface area contributed by atoms with Crippen molar-refractivity contribution in [2.75, 3.05) is 12.9 Å². The lowest BCUT2D eigenvalue weighted by molar-refractivity contribution is 0.0524. The van der Waals surface area contributed by atoms with Crippen molar-refractivity contribution in [1.29, 1.82) is 0 Å². The summed E-state index contributed by atoms with van der Waals surface area (Å²) in [5, 5.41) is 8.48. The van der Waals surface area contributed by atoms with Crippen LogP contribution in [0.4, 0.5) is 0 Å². The molecule has 1 N–H and O–H groups in total. The number of nitrogens with zero attached hydrogens (tertiary/aromatic N) is 2. The summed E-state index contributed by atoms with van der Waals surface area (Å²) in [7, 11) is 1.86. The first kappa shape index (κ1) is 15.4. The highest BCUT2D eigenvalue weighted by atomic mass is 32.2. The van der Waals surface area contributed by atoms with Gasteiger partial charge in [0.15, 0.2) is 0 Å². The lowest BCUT2D eigenvalue weighted by Crippen LogP contribution is -2.28. The molecule has 2 unspecified atom stereocenters. The van der Waals surface area contributed by atoms with E-state index in [9.17, 15) is 4.79 Å². The Hall–Kier alpha value is -1.01. The first-order valence-electron chi connectivity index (χ1n) is 7.09. The van der Waals surface area contributed by atoms with Crippen molar-refractivity contribution in [1.82, 2.24) is 15.1 Å². The Kier molecular flexibility index (Phi) is 5.48. The van der Waals surface area contributed by atoms with Crippen LogP contribution in [0.25, 0.3) is 0 Å². The molecule has 0 aromatic carbocycles. The predicted octanol–water partition coefficient (Wildman–Crippen LogP) is 1.97. The molecule has 0 saturated heterocycles. The number of nitrogens with one attached hydrogen (secondary N) is 1. The number of aromatic nitrogens is 2. The van der Waals surface area contributed by atoms with Crippen molar-refractivity contribution >= 4 is 17.7 Å². The number of esters is 1. The molecule has 0 spiro atoms. The molecule has 20 heavy (non-hydrogen) atoms. The van der Waals surface area contributed by atoms with E-state index in [1.54, 1.807) is 10.9 Å². The molecule has 2 atom stereocenters. The highest BCUT2D eigenvalue weighted by Crippen LogP contribution is 2.28. The lowest BCUT2D eigenvalue weighted by atomic mass is 10.2.